The molecule has 1 spiro atoms. The van der Waals surface area contributed by atoms with Gasteiger partial charge in [0.25, 0.3) is 0 Å². The van der Waals surface area contributed by atoms with E-state index in [0.717, 1.165) is 41.7 Å². The summed E-state index contributed by atoms with van der Waals surface area (Å²) in [4.78, 5) is 13.4. The van der Waals surface area contributed by atoms with Gasteiger partial charge in [-0.15, -0.1) is 0 Å². The van der Waals surface area contributed by atoms with E-state index in [0.29, 0.717) is 0 Å². The first-order valence-corrected chi connectivity index (χ1v) is 9.30. The van der Waals surface area contributed by atoms with E-state index in [2.05, 4.69) is 30.3 Å². The fraction of sp³-hybridized carbons (Fsp3) is 0.348. The van der Waals surface area contributed by atoms with Crippen molar-refractivity contribution >= 4 is 11.4 Å². The average molecular weight is 330 g/mol. The van der Waals surface area contributed by atoms with Crippen LogP contribution in [0.2, 0.25) is 0 Å². The summed E-state index contributed by atoms with van der Waals surface area (Å²) < 4.78 is 5.50. The number of ether oxygens (including phenoxy) is 1. The van der Waals surface area contributed by atoms with Crippen LogP contribution >= 0.6 is 0 Å². The summed E-state index contributed by atoms with van der Waals surface area (Å²) in [7, 11) is 1.70. The fourth-order valence-electron chi connectivity index (χ4n) is 5.30. The van der Waals surface area contributed by atoms with Gasteiger partial charge in [0.05, 0.1) is 7.11 Å². The van der Waals surface area contributed by atoms with Gasteiger partial charge in [0.2, 0.25) is 0 Å². The number of carbonyl (C=O) groups is 1. The number of Topliss-reactive ketones (excluding diaryl/α,β-unsaturated/α-hetero) is 1. The molecule has 2 nitrogen and oxygen atoms in total. The first kappa shape index (κ1) is 14.9. The number of allylic oxidation sites excluding steroid dienone is 2. The van der Waals surface area contributed by atoms with E-state index in [1.54, 1.807) is 7.11 Å². The van der Waals surface area contributed by atoms with Crippen LogP contribution < -0.4 is 4.74 Å². The Bertz CT molecular complexity index is 913. The molecular formula is C23H22O2. The molecule has 0 saturated heterocycles. The van der Waals surface area contributed by atoms with Crippen LogP contribution in [-0.4, -0.2) is 12.9 Å². The zero-order valence-corrected chi connectivity index (χ0v) is 14.6. The monoisotopic (exact) mass is 330 g/mol. The quantitative estimate of drug-likeness (QED) is 0.727. The smallest absolute Gasteiger partial charge is 0.193 e. The number of ketones is 1. The molecule has 5 rings (SSSR count). The van der Waals surface area contributed by atoms with E-state index in [1.165, 1.54) is 36.0 Å². The fourth-order valence-corrected chi connectivity index (χ4v) is 5.30. The number of benzene rings is 2. The predicted molar refractivity (Wildman–Crippen MR) is 99.2 cm³/mol. The minimum Gasteiger partial charge on any atom is -0.497 e. The Balaban J connectivity index is 1.79. The lowest BCUT2D eigenvalue weighted by atomic mass is 9.59. The van der Waals surface area contributed by atoms with E-state index >= 15 is 0 Å². The highest BCUT2D eigenvalue weighted by atomic mass is 16.5. The number of methoxy groups -OCH3 is 1. The summed E-state index contributed by atoms with van der Waals surface area (Å²) in [6.45, 7) is 0. The Labute approximate surface area is 148 Å². The summed E-state index contributed by atoms with van der Waals surface area (Å²) in [6, 6.07) is 14.5. The van der Waals surface area contributed by atoms with Crippen molar-refractivity contribution in [2.75, 3.05) is 7.11 Å². The first-order valence-electron chi connectivity index (χ1n) is 9.30. The summed E-state index contributed by atoms with van der Waals surface area (Å²) in [5.74, 6) is 1.06. The third kappa shape index (κ3) is 1.94. The first-order chi connectivity index (χ1) is 12.2. The van der Waals surface area contributed by atoms with Crippen LogP contribution in [0.1, 0.15) is 59.2 Å². The Morgan fingerprint density at radius 2 is 1.76 bits per heavy atom. The van der Waals surface area contributed by atoms with Crippen molar-refractivity contribution in [2.24, 2.45) is 0 Å². The lowest BCUT2D eigenvalue weighted by Crippen LogP contribution is -2.37. The van der Waals surface area contributed by atoms with Gasteiger partial charge in [-0.25, -0.2) is 0 Å². The molecule has 3 aliphatic rings. The summed E-state index contributed by atoms with van der Waals surface area (Å²) in [5, 5.41) is 0. The van der Waals surface area contributed by atoms with Crippen molar-refractivity contribution in [1.82, 2.24) is 0 Å². The second-order valence-corrected chi connectivity index (χ2v) is 7.57. The van der Waals surface area contributed by atoms with Crippen LogP contribution in [0.4, 0.5) is 0 Å². The van der Waals surface area contributed by atoms with Crippen LogP contribution in [0, 0.1) is 0 Å². The minimum absolute atomic E-state index is 0.0182. The van der Waals surface area contributed by atoms with Crippen molar-refractivity contribution in [2.45, 2.75) is 43.9 Å². The molecule has 0 aromatic heterocycles. The molecule has 0 radical (unpaired) electrons. The van der Waals surface area contributed by atoms with Gasteiger partial charge in [0.1, 0.15) is 5.75 Å². The van der Waals surface area contributed by atoms with Gasteiger partial charge < -0.3 is 4.74 Å². The predicted octanol–water partition coefficient (Wildman–Crippen LogP) is 5.10. The van der Waals surface area contributed by atoms with Crippen molar-refractivity contribution in [1.29, 1.82) is 0 Å². The lowest BCUT2D eigenvalue weighted by Gasteiger charge is -2.43. The molecule has 2 heteroatoms. The average Bonchev–Trinajstić information content (AvgIpc) is 3.07. The van der Waals surface area contributed by atoms with Crippen LogP contribution in [-0.2, 0) is 11.8 Å². The molecular weight excluding hydrogens is 308 g/mol. The van der Waals surface area contributed by atoms with Crippen molar-refractivity contribution < 1.29 is 9.53 Å². The van der Waals surface area contributed by atoms with E-state index < -0.39 is 0 Å². The van der Waals surface area contributed by atoms with Crippen LogP contribution in [0.15, 0.2) is 48.0 Å². The summed E-state index contributed by atoms with van der Waals surface area (Å²) in [6.07, 6.45) is 6.98. The zero-order chi connectivity index (χ0) is 17.0. The van der Waals surface area contributed by atoms with Crippen molar-refractivity contribution in [3.63, 3.8) is 0 Å². The molecule has 0 N–H and O–H groups in total. The highest BCUT2D eigenvalue weighted by molar-refractivity contribution is 6.33. The van der Waals surface area contributed by atoms with E-state index in [1.807, 2.05) is 12.1 Å². The van der Waals surface area contributed by atoms with Gasteiger partial charge in [0.15, 0.2) is 5.78 Å². The second-order valence-electron chi connectivity index (χ2n) is 7.57. The highest BCUT2D eigenvalue weighted by Crippen LogP contribution is 2.56. The number of hydrogen-bond donors (Lipinski definition) is 0. The number of fused-ring (bicyclic) bond motifs is 5. The lowest BCUT2D eigenvalue weighted by molar-refractivity contribution is 0.104. The second kappa shape index (κ2) is 5.32. The number of rotatable bonds is 1. The van der Waals surface area contributed by atoms with E-state index in [4.69, 9.17) is 4.74 Å². The molecule has 0 amide bonds. The molecule has 2 aromatic carbocycles. The third-order valence-corrected chi connectivity index (χ3v) is 6.45. The van der Waals surface area contributed by atoms with Crippen LogP contribution in [0.5, 0.6) is 5.75 Å². The van der Waals surface area contributed by atoms with Gasteiger partial charge >= 0.3 is 0 Å². The van der Waals surface area contributed by atoms with Gasteiger partial charge in [-0.2, -0.15) is 0 Å². The molecule has 3 aliphatic carbocycles. The number of carbonyl (C=O) groups excluding carboxylic acids is 1. The Hall–Kier alpha value is -2.35. The molecule has 0 bridgehead atoms. The normalized spacial score (nSPS) is 20.3. The van der Waals surface area contributed by atoms with E-state index in [-0.39, 0.29) is 11.2 Å². The molecule has 1 fully saturated rings. The Kier molecular flexibility index (Phi) is 3.18. The van der Waals surface area contributed by atoms with Crippen molar-refractivity contribution in [3.8, 4) is 5.75 Å². The van der Waals surface area contributed by atoms with Gasteiger partial charge in [-0.3, -0.25) is 4.79 Å². The van der Waals surface area contributed by atoms with Crippen LogP contribution in [0.25, 0.3) is 5.57 Å². The maximum atomic E-state index is 13.4. The molecule has 126 valence electrons. The zero-order valence-electron chi connectivity index (χ0n) is 14.6. The summed E-state index contributed by atoms with van der Waals surface area (Å²) in [5.41, 5.74) is 6.96. The SMILES string of the molecule is COc1ccc2c(c1)C1(CCCCC1)C1=C(C2=O)c2ccccc2C1. The van der Waals surface area contributed by atoms with Gasteiger partial charge in [0, 0.05) is 16.6 Å². The molecule has 0 heterocycles. The molecule has 25 heavy (non-hydrogen) atoms. The molecule has 1 saturated carbocycles. The van der Waals surface area contributed by atoms with Crippen molar-refractivity contribution in [3.05, 3.63) is 70.3 Å². The topological polar surface area (TPSA) is 26.3 Å². The molecule has 0 atom stereocenters. The number of hydrogen-bond acceptors (Lipinski definition) is 2. The van der Waals surface area contributed by atoms with Crippen LogP contribution in [0.3, 0.4) is 0 Å². The third-order valence-electron chi connectivity index (χ3n) is 6.45. The molecule has 2 aromatic rings. The summed E-state index contributed by atoms with van der Waals surface area (Å²) >= 11 is 0. The minimum atomic E-state index is 0.0182. The Morgan fingerprint density at radius 1 is 0.960 bits per heavy atom. The van der Waals surface area contributed by atoms with Gasteiger partial charge in [-0.05, 0) is 59.7 Å². The molecule has 0 unspecified atom stereocenters. The maximum absolute atomic E-state index is 13.4. The largest absolute Gasteiger partial charge is 0.497 e. The van der Waals surface area contributed by atoms with E-state index in [9.17, 15) is 4.79 Å². The molecule has 0 aliphatic heterocycles. The Morgan fingerprint density at radius 3 is 2.56 bits per heavy atom. The highest BCUT2D eigenvalue weighted by Gasteiger charge is 2.48. The standard InChI is InChI=1S/C23H22O2/c1-25-16-9-10-18-19(14-16)23(11-5-2-6-12-23)20-13-15-7-3-4-8-17(15)21(20)22(18)24/h3-4,7-10,14H,2,5-6,11-13H2,1H3. The maximum Gasteiger partial charge on any atom is 0.193 e. The van der Waals surface area contributed by atoms with Gasteiger partial charge in [-0.1, -0.05) is 43.5 Å².